The zero-order valence-electron chi connectivity index (χ0n) is 13.9. The van der Waals surface area contributed by atoms with Crippen molar-refractivity contribution in [1.82, 2.24) is 19.5 Å². The minimum Gasteiger partial charge on any atom is -0.497 e. The fourth-order valence-electron chi connectivity index (χ4n) is 2.22. The molecule has 0 aliphatic carbocycles. The van der Waals surface area contributed by atoms with Crippen LogP contribution in [0.3, 0.4) is 0 Å². The molecule has 0 fully saturated rings. The second-order valence-electron chi connectivity index (χ2n) is 5.20. The number of carbonyl (C=O) groups is 1. The lowest BCUT2D eigenvalue weighted by Crippen LogP contribution is -2.10. The van der Waals surface area contributed by atoms with Crippen LogP contribution in [-0.4, -0.2) is 32.5 Å². The van der Waals surface area contributed by atoms with Gasteiger partial charge in [0, 0.05) is 24.5 Å². The van der Waals surface area contributed by atoms with Crippen LogP contribution in [0.5, 0.6) is 5.75 Å². The topological polar surface area (TPSA) is 81.9 Å². The highest BCUT2D eigenvalue weighted by molar-refractivity contribution is 6.01. The largest absolute Gasteiger partial charge is 0.497 e. The van der Waals surface area contributed by atoms with E-state index < -0.39 is 0 Å². The molecule has 0 aliphatic rings. The number of benzene rings is 1. The first-order chi connectivity index (χ1) is 12.2. The molecule has 0 radical (unpaired) electrons. The van der Waals surface area contributed by atoms with Crippen molar-refractivity contribution < 1.29 is 9.53 Å². The number of hydrogen-bond donors (Lipinski definition) is 1. The van der Waals surface area contributed by atoms with Gasteiger partial charge in [-0.25, -0.2) is 15.0 Å². The van der Waals surface area contributed by atoms with E-state index in [1.807, 2.05) is 35.8 Å². The highest BCUT2D eigenvalue weighted by Gasteiger charge is 2.05. The van der Waals surface area contributed by atoms with Crippen LogP contribution in [0.25, 0.3) is 11.9 Å². The highest BCUT2D eigenvalue weighted by atomic mass is 16.5. The molecular formula is C18H17N5O2. The van der Waals surface area contributed by atoms with Crippen LogP contribution in [0.2, 0.25) is 0 Å². The highest BCUT2D eigenvalue weighted by Crippen LogP contribution is 2.13. The molecule has 0 spiro atoms. The normalized spacial score (nSPS) is 10.8. The molecule has 0 atom stereocenters. The summed E-state index contributed by atoms with van der Waals surface area (Å²) in [5, 5.41) is 2.72. The number of hydrogen-bond acceptors (Lipinski definition) is 5. The van der Waals surface area contributed by atoms with Gasteiger partial charge in [-0.1, -0.05) is 12.1 Å². The van der Waals surface area contributed by atoms with Gasteiger partial charge >= 0.3 is 0 Å². The summed E-state index contributed by atoms with van der Waals surface area (Å²) in [6, 6.07) is 9.09. The number of aryl methyl sites for hydroxylation is 1. The van der Waals surface area contributed by atoms with Crippen molar-refractivity contribution in [2.24, 2.45) is 0 Å². The minimum atomic E-state index is -0.275. The first-order valence-electron chi connectivity index (χ1n) is 7.61. The predicted octanol–water partition coefficient (Wildman–Crippen LogP) is 2.63. The molecule has 0 bridgehead atoms. The Bertz CT molecular complexity index is 900. The van der Waals surface area contributed by atoms with Crippen LogP contribution in [0.15, 0.2) is 55.1 Å². The SMILES string of the molecule is COc1ccc(/C=C/C(=O)Nc2cc(-n3ccnc3C)ncn2)cc1. The molecule has 7 heteroatoms. The third-order valence-electron chi connectivity index (χ3n) is 3.52. The van der Waals surface area contributed by atoms with Gasteiger partial charge in [0.05, 0.1) is 7.11 Å². The Morgan fingerprint density at radius 1 is 1.20 bits per heavy atom. The van der Waals surface area contributed by atoms with Crippen molar-refractivity contribution in [3.63, 3.8) is 0 Å². The van der Waals surface area contributed by atoms with Gasteiger partial charge in [0.2, 0.25) is 5.91 Å². The van der Waals surface area contributed by atoms with Crippen LogP contribution in [0, 0.1) is 6.92 Å². The first kappa shape index (κ1) is 16.4. The smallest absolute Gasteiger partial charge is 0.249 e. The Balaban J connectivity index is 1.68. The molecular weight excluding hydrogens is 318 g/mol. The molecule has 1 amide bonds. The van der Waals surface area contributed by atoms with Gasteiger partial charge in [0.15, 0.2) is 0 Å². The molecule has 1 aromatic carbocycles. The molecule has 0 unspecified atom stereocenters. The summed E-state index contributed by atoms with van der Waals surface area (Å²) in [5.74, 6) is 2.35. The van der Waals surface area contributed by atoms with Crippen molar-refractivity contribution >= 4 is 17.8 Å². The number of imidazole rings is 1. The summed E-state index contributed by atoms with van der Waals surface area (Å²) in [7, 11) is 1.61. The summed E-state index contributed by atoms with van der Waals surface area (Å²) >= 11 is 0. The van der Waals surface area contributed by atoms with Gasteiger partial charge in [-0.05, 0) is 30.7 Å². The van der Waals surface area contributed by atoms with E-state index in [2.05, 4.69) is 20.3 Å². The van der Waals surface area contributed by atoms with Crippen molar-refractivity contribution in [3.8, 4) is 11.6 Å². The van der Waals surface area contributed by atoms with E-state index in [0.29, 0.717) is 11.6 Å². The Labute approximate surface area is 145 Å². The zero-order chi connectivity index (χ0) is 17.6. The predicted molar refractivity (Wildman–Crippen MR) is 94.5 cm³/mol. The third-order valence-corrected chi connectivity index (χ3v) is 3.52. The fourth-order valence-corrected chi connectivity index (χ4v) is 2.22. The third kappa shape index (κ3) is 4.08. The van der Waals surface area contributed by atoms with Gasteiger partial charge in [-0.2, -0.15) is 0 Å². The number of methoxy groups -OCH3 is 1. The number of carbonyl (C=O) groups excluding carboxylic acids is 1. The Hall–Kier alpha value is -3.48. The van der Waals surface area contributed by atoms with Gasteiger partial charge in [-0.3, -0.25) is 9.36 Å². The summed E-state index contributed by atoms with van der Waals surface area (Å²) < 4.78 is 6.91. The maximum absolute atomic E-state index is 12.1. The second-order valence-corrected chi connectivity index (χ2v) is 5.20. The van der Waals surface area contributed by atoms with E-state index in [1.54, 1.807) is 31.6 Å². The fraction of sp³-hybridized carbons (Fsp3) is 0.111. The maximum Gasteiger partial charge on any atom is 0.249 e. The summed E-state index contributed by atoms with van der Waals surface area (Å²) in [5.41, 5.74) is 0.897. The Morgan fingerprint density at radius 3 is 2.68 bits per heavy atom. The molecule has 126 valence electrons. The lowest BCUT2D eigenvalue weighted by molar-refractivity contribution is -0.111. The van der Waals surface area contributed by atoms with Crippen molar-refractivity contribution in [2.75, 3.05) is 12.4 Å². The van der Waals surface area contributed by atoms with E-state index in [1.165, 1.54) is 12.4 Å². The molecule has 0 saturated carbocycles. The molecule has 7 nitrogen and oxygen atoms in total. The molecule has 25 heavy (non-hydrogen) atoms. The maximum atomic E-state index is 12.1. The van der Waals surface area contributed by atoms with Crippen LogP contribution < -0.4 is 10.1 Å². The number of ether oxygens (including phenoxy) is 1. The Morgan fingerprint density at radius 2 is 2.00 bits per heavy atom. The number of amides is 1. The first-order valence-corrected chi connectivity index (χ1v) is 7.61. The van der Waals surface area contributed by atoms with Crippen LogP contribution in [-0.2, 0) is 4.79 Å². The quantitative estimate of drug-likeness (QED) is 0.725. The monoisotopic (exact) mass is 335 g/mol. The summed E-state index contributed by atoms with van der Waals surface area (Å²) in [6.07, 6.45) is 8.06. The number of anilines is 1. The molecule has 3 aromatic rings. The van der Waals surface area contributed by atoms with Crippen molar-refractivity contribution in [1.29, 1.82) is 0 Å². The number of aromatic nitrogens is 4. The zero-order valence-corrected chi connectivity index (χ0v) is 13.9. The van der Waals surface area contributed by atoms with Gasteiger partial charge in [0.1, 0.15) is 29.5 Å². The average molecular weight is 335 g/mol. The van der Waals surface area contributed by atoms with E-state index in [-0.39, 0.29) is 5.91 Å². The van der Waals surface area contributed by atoms with E-state index in [9.17, 15) is 4.79 Å². The molecule has 0 aliphatic heterocycles. The Kier molecular flexibility index (Phi) is 4.84. The van der Waals surface area contributed by atoms with Gasteiger partial charge in [-0.15, -0.1) is 0 Å². The molecule has 2 heterocycles. The van der Waals surface area contributed by atoms with E-state index >= 15 is 0 Å². The van der Waals surface area contributed by atoms with Crippen molar-refractivity contribution in [3.05, 3.63) is 66.5 Å². The van der Waals surface area contributed by atoms with E-state index in [4.69, 9.17) is 4.74 Å². The number of nitrogens with zero attached hydrogens (tertiary/aromatic N) is 4. The molecule has 2 aromatic heterocycles. The summed E-state index contributed by atoms with van der Waals surface area (Å²) in [6.45, 7) is 1.87. The summed E-state index contributed by atoms with van der Waals surface area (Å²) in [4.78, 5) is 24.5. The van der Waals surface area contributed by atoms with Gasteiger partial charge in [0.25, 0.3) is 0 Å². The molecule has 1 N–H and O–H groups in total. The average Bonchev–Trinajstić information content (AvgIpc) is 3.06. The van der Waals surface area contributed by atoms with E-state index in [0.717, 1.165) is 17.1 Å². The van der Waals surface area contributed by atoms with Crippen LogP contribution >= 0.6 is 0 Å². The number of rotatable bonds is 5. The number of nitrogens with one attached hydrogen (secondary N) is 1. The molecule has 3 rings (SSSR count). The van der Waals surface area contributed by atoms with Crippen molar-refractivity contribution in [2.45, 2.75) is 6.92 Å². The molecule has 0 saturated heterocycles. The standard InChI is InChI=1S/C18H17N5O2/c1-13-19-9-10-23(13)17-11-16(20-12-21-17)22-18(24)8-5-14-3-6-15(25-2)7-4-14/h3-12H,1-2H3,(H,20,21,22,24)/b8-5+. The van der Waals surface area contributed by atoms with Crippen LogP contribution in [0.4, 0.5) is 5.82 Å². The second kappa shape index (κ2) is 7.39. The lowest BCUT2D eigenvalue weighted by atomic mass is 10.2. The van der Waals surface area contributed by atoms with Crippen LogP contribution in [0.1, 0.15) is 11.4 Å². The minimum absolute atomic E-state index is 0.275. The van der Waals surface area contributed by atoms with Gasteiger partial charge < -0.3 is 10.1 Å². The lowest BCUT2D eigenvalue weighted by Gasteiger charge is -2.06.